The molecule has 4 rings (SSSR count). The number of Topliss-reactive ketones (excluding diaryl/α,β-unsaturated/α-hetero) is 1. The lowest BCUT2D eigenvalue weighted by Gasteiger charge is -2.26. The van der Waals surface area contributed by atoms with Gasteiger partial charge in [0, 0.05) is 15.7 Å². The fourth-order valence-corrected chi connectivity index (χ4v) is 4.26. The van der Waals surface area contributed by atoms with Crippen LogP contribution in [0.15, 0.2) is 66.2 Å². The molecule has 1 heterocycles. The molecule has 0 radical (unpaired) electrons. The van der Waals surface area contributed by atoms with Crippen LogP contribution in [0.4, 0.5) is 14.5 Å². The van der Waals surface area contributed by atoms with Gasteiger partial charge in [0.05, 0.1) is 24.3 Å². The highest BCUT2D eigenvalue weighted by atomic mass is 35.5. The van der Waals surface area contributed by atoms with Crippen molar-refractivity contribution in [2.75, 3.05) is 12.0 Å². The van der Waals surface area contributed by atoms with Crippen LogP contribution in [-0.4, -0.2) is 23.9 Å². The number of carbonyl (C=O) groups is 2. The number of aliphatic hydroxyl groups is 1. The molecule has 33 heavy (non-hydrogen) atoms. The predicted octanol–water partition coefficient (Wildman–Crippen LogP) is 5.91. The minimum Gasteiger partial charge on any atom is -0.507 e. The molecular formula is C24H15Cl2F2NO4. The van der Waals surface area contributed by atoms with Gasteiger partial charge in [0.1, 0.15) is 23.1 Å². The Bertz CT molecular complexity index is 1290. The van der Waals surface area contributed by atoms with Crippen molar-refractivity contribution in [1.29, 1.82) is 0 Å². The average Bonchev–Trinajstić information content (AvgIpc) is 3.03. The maximum Gasteiger partial charge on any atom is 0.300 e. The van der Waals surface area contributed by atoms with E-state index in [-0.39, 0.29) is 32.6 Å². The molecule has 3 aromatic carbocycles. The molecule has 1 saturated heterocycles. The number of halogens is 4. The SMILES string of the molecule is COc1ccc(F)cc1/C(O)=C1\C(=O)C(=O)N(c2cc(Cl)cc(Cl)c2)C1c1ccc(F)cc1. The van der Waals surface area contributed by atoms with Gasteiger partial charge in [-0.2, -0.15) is 0 Å². The summed E-state index contributed by atoms with van der Waals surface area (Å²) in [7, 11) is 1.31. The highest BCUT2D eigenvalue weighted by Gasteiger charge is 2.47. The van der Waals surface area contributed by atoms with Gasteiger partial charge in [-0.25, -0.2) is 8.78 Å². The molecule has 0 aromatic heterocycles. The van der Waals surface area contributed by atoms with E-state index in [1.54, 1.807) is 0 Å². The average molecular weight is 490 g/mol. The van der Waals surface area contributed by atoms with E-state index in [2.05, 4.69) is 0 Å². The molecule has 1 atom stereocenters. The minimum absolute atomic E-state index is 0.0868. The number of ketones is 1. The monoisotopic (exact) mass is 489 g/mol. The molecule has 1 N–H and O–H groups in total. The number of anilines is 1. The quantitative estimate of drug-likeness (QED) is 0.281. The van der Waals surface area contributed by atoms with Gasteiger partial charge in [-0.3, -0.25) is 14.5 Å². The maximum absolute atomic E-state index is 14.0. The van der Waals surface area contributed by atoms with Gasteiger partial charge in [-0.15, -0.1) is 0 Å². The van der Waals surface area contributed by atoms with Crippen LogP contribution < -0.4 is 9.64 Å². The zero-order chi connectivity index (χ0) is 23.9. The number of carbonyl (C=O) groups excluding carboxylic acids is 2. The van der Waals surface area contributed by atoms with Crippen molar-refractivity contribution in [3.05, 3.63) is 99.0 Å². The number of aliphatic hydroxyl groups excluding tert-OH is 1. The molecule has 1 aliphatic rings. The van der Waals surface area contributed by atoms with Gasteiger partial charge in [0.25, 0.3) is 11.7 Å². The number of benzene rings is 3. The summed E-state index contributed by atoms with van der Waals surface area (Å²) in [6.07, 6.45) is 0. The van der Waals surface area contributed by atoms with Crippen molar-refractivity contribution in [1.82, 2.24) is 0 Å². The molecule has 3 aromatic rings. The van der Waals surface area contributed by atoms with Crippen molar-refractivity contribution >= 4 is 46.3 Å². The molecule has 168 valence electrons. The summed E-state index contributed by atoms with van der Waals surface area (Å²) < 4.78 is 32.8. The summed E-state index contributed by atoms with van der Waals surface area (Å²) in [5.74, 6) is -3.78. The highest BCUT2D eigenvalue weighted by molar-refractivity contribution is 6.52. The smallest absolute Gasteiger partial charge is 0.300 e. The normalized spacial score (nSPS) is 17.5. The van der Waals surface area contributed by atoms with Crippen molar-refractivity contribution in [3.63, 3.8) is 0 Å². The molecule has 1 aliphatic heterocycles. The van der Waals surface area contributed by atoms with Crippen LogP contribution in [0.25, 0.3) is 5.76 Å². The van der Waals surface area contributed by atoms with Crippen molar-refractivity contribution < 1.29 is 28.2 Å². The van der Waals surface area contributed by atoms with E-state index < -0.39 is 35.1 Å². The second-order valence-electron chi connectivity index (χ2n) is 7.19. The van der Waals surface area contributed by atoms with Crippen molar-refractivity contribution in [3.8, 4) is 5.75 Å². The van der Waals surface area contributed by atoms with E-state index in [1.807, 2.05) is 0 Å². The molecular weight excluding hydrogens is 475 g/mol. The van der Waals surface area contributed by atoms with Crippen LogP contribution in [0.3, 0.4) is 0 Å². The largest absolute Gasteiger partial charge is 0.507 e. The molecule has 0 aliphatic carbocycles. The number of rotatable bonds is 4. The van der Waals surface area contributed by atoms with Gasteiger partial charge in [-0.1, -0.05) is 35.3 Å². The lowest BCUT2D eigenvalue weighted by atomic mass is 9.94. The number of ether oxygens (including phenoxy) is 1. The van der Waals surface area contributed by atoms with Crippen LogP contribution in [0.5, 0.6) is 5.75 Å². The lowest BCUT2D eigenvalue weighted by molar-refractivity contribution is -0.132. The second kappa shape index (κ2) is 8.84. The molecule has 5 nitrogen and oxygen atoms in total. The van der Waals surface area contributed by atoms with Crippen LogP contribution in [0, 0.1) is 11.6 Å². The fraction of sp³-hybridized carbons (Fsp3) is 0.0833. The van der Waals surface area contributed by atoms with Gasteiger partial charge >= 0.3 is 0 Å². The standard InChI is InChI=1S/C24H15Cl2F2NO4/c1-33-19-7-6-16(28)11-18(19)22(30)20-21(12-2-4-15(27)5-3-12)29(24(32)23(20)31)17-9-13(25)8-14(26)10-17/h2-11,21,30H,1H3/b22-20+. The molecule has 1 amide bonds. The van der Waals surface area contributed by atoms with Gasteiger partial charge in [0.2, 0.25) is 0 Å². The van der Waals surface area contributed by atoms with E-state index in [9.17, 15) is 23.5 Å². The number of methoxy groups -OCH3 is 1. The van der Waals surface area contributed by atoms with Crippen LogP contribution in [0.1, 0.15) is 17.2 Å². The highest BCUT2D eigenvalue weighted by Crippen LogP contribution is 2.44. The summed E-state index contributed by atoms with van der Waals surface area (Å²) in [5.41, 5.74) is 0.0659. The molecule has 0 spiro atoms. The first-order valence-electron chi connectivity index (χ1n) is 9.57. The zero-order valence-electron chi connectivity index (χ0n) is 17.0. The van der Waals surface area contributed by atoms with Crippen LogP contribution >= 0.6 is 23.2 Å². The topological polar surface area (TPSA) is 66.8 Å². The lowest BCUT2D eigenvalue weighted by Crippen LogP contribution is -2.29. The third-order valence-electron chi connectivity index (χ3n) is 5.17. The minimum atomic E-state index is -1.17. The summed E-state index contributed by atoms with van der Waals surface area (Å²) in [5, 5.41) is 11.5. The first kappa shape index (κ1) is 22.8. The fourth-order valence-electron chi connectivity index (χ4n) is 3.75. The molecule has 0 saturated carbocycles. The summed E-state index contributed by atoms with van der Waals surface area (Å²) in [6.45, 7) is 0. The Hall–Kier alpha value is -3.42. The van der Waals surface area contributed by atoms with Crippen LogP contribution in [0.2, 0.25) is 10.0 Å². The second-order valence-corrected chi connectivity index (χ2v) is 8.07. The van der Waals surface area contributed by atoms with E-state index in [0.717, 1.165) is 29.2 Å². The predicted molar refractivity (Wildman–Crippen MR) is 121 cm³/mol. The summed E-state index contributed by atoms with van der Waals surface area (Å²) in [6, 6.07) is 11.6. The Morgan fingerprint density at radius 1 is 0.939 bits per heavy atom. The van der Waals surface area contributed by atoms with Crippen molar-refractivity contribution in [2.24, 2.45) is 0 Å². The molecule has 9 heteroatoms. The first-order chi connectivity index (χ1) is 15.7. The zero-order valence-corrected chi connectivity index (χ0v) is 18.5. The van der Waals surface area contributed by atoms with Crippen molar-refractivity contribution in [2.45, 2.75) is 6.04 Å². The summed E-state index contributed by atoms with van der Waals surface area (Å²) >= 11 is 12.2. The third-order valence-corrected chi connectivity index (χ3v) is 5.61. The summed E-state index contributed by atoms with van der Waals surface area (Å²) in [4.78, 5) is 27.3. The molecule has 1 unspecified atom stereocenters. The van der Waals surface area contributed by atoms with Crippen LogP contribution in [-0.2, 0) is 9.59 Å². The Kier molecular flexibility index (Phi) is 6.10. The first-order valence-corrected chi connectivity index (χ1v) is 10.3. The van der Waals surface area contributed by atoms with Gasteiger partial charge in [0.15, 0.2) is 0 Å². The Morgan fingerprint density at radius 2 is 1.55 bits per heavy atom. The van der Waals surface area contributed by atoms with Gasteiger partial charge in [-0.05, 0) is 54.1 Å². The number of hydrogen-bond donors (Lipinski definition) is 1. The number of amides is 1. The van der Waals surface area contributed by atoms with E-state index in [1.165, 1.54) is 43.5 Å². The Balaban J connectivity index is 2.00. The number of nitrogens with zero attached hydrogens (tertiary/aromatic N) is 1. The maximum atomic E-state index is 14.0. The number of hydrogen-bond acceptors (Lipinski definition) is 4. The van der Waals surface area contributed by atoms with E-state index in [0.29, 0.717) is 5.56 Å². The van der Waals surface area contributed by atoms with E-state index >= 15 is 0 Å². The molecule has 1 fully saturated rings. The van der Waals surface area contributed by atoms with Gasteiger partial charge < -0.3 is 9.84 Å². The Morgan fingerprint density at radius 3 is 2.15 bits per heavy atom. The van der Waals surface area contributed by atoms with E-state index in [4.69, 9.17) is 27.9 Å². The third kappa shape index (κ3) is 4.17. The molecule has 0 bridgehead atoms. The Labute approximate surface area is 197 Å².